The molecule has 0 radical (unpaired) electrons. The summed E-state index contributed by atoms with van der Waals surface area (Å²) in [5, 5.41) is 3.09. The van der Waals surface area contributed by atoms with Gasteiger partial charge in [-0.25, -0.2) is 9.97 Å². The van der Waals surface area contributed by atoms with E-state index < -0.39 is 0 Å². The number of hydrogen-bond donors (Lipinski definition) is 1. The van der Waals surface area contributed by atoms with E-state index in [0.717, 1.165) is 61.7 Å². The molecule has 0 saturated carbocycles. The van der Waals surface area contributed by atoms with Crippen LogP contribution >= 0.6 is 0 Å². The predicted octanol–water partition coefficient (Wildman–Crippen LogP) is 2.78. The Morgan fingerprint density at radius 1 is 1.32 bits per heavy atom. The summed E-state index contributed by atoms with van der Waals surface area (Å²) in [6.45, 7) is 4.90. The molecule has 4 rings (SSSR count). The molecule has 1 fully saturated rings. The second kappa shape index (κ2) is 6.96. The topological polar surface area (TPSA) is 71.3 Å². The predicted molar refractivity (Wildman–Crippen MR) is 93.1 cm³/mol. The van der Waals surface area contributed by atoms with Gasteiger partial charge >= 0.3 is 0 Å². The fourth-order valence-corrected chi connectivity index (χ4v) is 3.77. The molecule has 3 heterocycles. The summed E-state index contributed by atoms with van der Waals surface area (Å²) in [5.41, 5.74) is 2.09. The van der Waals surface area contributed by atoms with E-state index in [0.29, 0.717) is 5.76 Å². The average molecular weight is 340 g/mol. The van der Waals surface area contributed by atoms with Crippen LogP contribution in [0.5, 0.6) is 0 Å². The number of likely N-dealkylation sites (tertiary alicyclic amines) is 1. The van der Waals surface area contributed by atoms with Crippen LogP contribution in [-0.4, -0.2) is 33.9 Å². The maximum absolute atomic E-state index is 12.6. The third kappa shape index (κ3) is 3.58. The van der Waals surface area contributed by atoms with Gasteiger partial charge in [-0.15, -0.1) is 0 Å². The zero-order chi connectivity index (χ0) is 17.2. The van der Waals surface area contributed by atoms with Crippen molar-refractivity contribution in [1.82, 2.24) is 20.2 Å². The number of carbonyl (C=O) groups is 1. The Hall–Kier alpha value is -2.21. The van der Waals surface area contributed by atoms with Crippen molar-refractivity contribution in [2.24, 2.45) is 0 Å². The molecule has 25 heavy (non-hydrogen) atoms. The molecule has 0 unspecified atom stereocenters. The minimum absolute atomic E-state index is 0.0380. The van der Waals surface area contributed by atoms with Crippen LogP contribution in [0.15, 0.2) is 22.7 Å². The Morgan fingerprint density at radius 2 is 2.16 bits per heavy atom. The number of aryl methyl sites for hydroxylation is 2. The highest BCUT2D eigenvalue weighted by molar-refractivity contribution is 5.91. The van der Waals surface area contributed by atoms with Crippen LogP contribution in [0, 0.1) is 6.92 Å². The Kier molecular flexibility index (Phi) is 4.53. The van der Waals surface area contributed by atoms with Gasteiger partial charge in [-0.2, -0.15) is 0 Å². The second-order valence-electron chi connectivity index (χ2n) is 6.99. The van der Waals surface area contributed by atoms with Gasteiger partial charge < -0.3 is 9.73 Å². The van der Waals surface area contributed by atoms with E-state index in [4.69, 9.17) is 4.42 Å². The van der Waals surface area contributed by atoms with Gasteiger partial charge in [-0.3, -0.25) is 9.69 Å². The average Bonchev–Trinajstić information content (AvgIpc) is 3.27. The molecule has 2 aromatic rings. The van der Waals surface area contributed by atoms with E-state index in [2.05, 4.69) is 20.2 Å². The van der Waals surface area contributed by atoms with Crippen LogP contribution in [0.4, 0.5) is 0 Å². The van der Waals surface area contributed by atoms with E-state index >= 15 is 0 Å². The van der Waals surface area contributed by atoms with Crippen LogP contribution in [-0.2, 0) is 13.0 Å². The number of fused-ring (bicyclic) bond motifs is 1. The van der Waals surface area contributed by atoms with Crippen molar-refractivity contribution in [2.75, 3.05) is 13.1 Å². The molecular formula is C19H24N4O2. The maximum Gasteiger partial charge on any atom is 0.287 e. The summed E-state index contributed by atoms with van der Waals surface area (Å²) in [5.74, 6) is 1.86. The molecule has 0 aromatic carbocycles. The fourth-order valence-electron chi connectivity index (χ4n) is 3.77. The minimum Gasteiger partial charge on any atom is -0.455 e. The summed E-state index contributed by atoms with van der Waals surface area (Å²) >= 11 is 0. The lowest BCUT2D eigenvalue weighted by Gasteiger charge is -2.25. The number of furan rings is 1. The molecule has 6 nitrogen and oxygen atoms in total. The van der Waals surface area contributed by atoms with Crippen LogP contribution < -0.4 is 5.32 Å². The quantitative estimate of drug-likeness (QED) is 0.927. The van der Waals surface area contributed by atoms with Crippen molar-refractivity contribution in [2.45, 2.75) is 51.6 Å². The summed E-state index contributed by atoms with van der Waals surface area (Å²) < 4.78 is 5.77. The largest absolute Gasteiger partial charge is 0.455 e. The second-order valence-corrected chi connectivity index (χ2v) is 6.99. The molecule has 1 aliphatic heterocycles. The standard InChI is InChI=1S/C19H24N4O2/c1-13-20-11-15-16(21-13)5-4-6-17(15)22-19(24)18-8-7-14(25-18)12-23-9-2-3-10-23/h7-8,11,17H,2-6,9-10,12H2,1H3,(H,22,24)/t17-/m0/s1. The van der Waals surface area contributed by atoms with Crippen LogP contribution in [0.2, 0.25) is 0 Å². The van der Waals surface area contributed by atoms with E-state index in [1.54, 1.807) is 6.07 Å². The lowest BCUT2D eigenvalue weighted by molar-refractivity contribution is 0.0901. The summed E-state index contributed by atoms with van der Waals surface area (Å²) in [7, 11) is 0. The monoisotopic (exact) mass is 340 g/mol. The van der Waals surface area contributed by atoms with Crippen molar-refractivity contribution in [3.05, 3.63) is 46.9 Å². The molecule has 1 N–H and O–H groups in total. The Balaban J connectivity index is 1.43. The highest BCUT2D eigenvalue weighted by atomic mass is 16.4. The Labute approximate surface area is 147 Å². The Bertz CT molecular complexity index is 765. The number of aromatic nitrogens is 2. The van der Waals surface area contributed by atoms with E-state index in [1.165, 1.54) is 12.8 Å². The molecule has 0 spiro atoms. The van der Waals surface area contributed by atoms with Crippen molar-refractivity contribution in [1.29, 1.82) is 0 Å². The Morgan fingerprint density at radius 3 is 3.00 bits per heavy atom. The highest BCUT2D eigenvalue weighted by Gasteiger charge is 2.25. The molecule has 1 aliphatic carbocycles. The first-order chi connectivity index (χ1) is 12.2. The van der Waals surface area contributed by atoms with Gasteiger partial charge in [-0.1, -0.05) is 0 Å². The van der Waals surface area contributed by atoms with Gasteiger partial charge in [0.25, 0.3) is 5.91 Å². The molecule has 6 heteroatoms. The zero-order valence-corrected chi connectivity index (χ0v) is 14.6. The summed E-state index contributed by atoms with van der Waals surface area (Å²) in [6.07, 6.45) is 7.22. The van der Waals surface area contributed by atoms with Crippen LogP contribution in [0.1, 0.15) is 65.1 Å². The minimum atomic E-state index is -0.161. The van der Waals surface area contributed by atoms with Crippen molar-refractivity contribution >= 4 is 5.91 Å². The van der Waals surface area contributed by atoms with Gasteiger partial charge in [0.05, 0.1) is 12.6 Å². The van der Waals surface area contributed by atoms with Gasteiger partial charge in [0, 0.05) is 17.5 Å². The molecule has 132 valence electrons. The molecule has 1 atom stereocenters. The fraction of sp³-hybridized carbons (Fsp3) is 0.526. The SMILES string of the molecule is Cc1ncc2c(n1)CCC[C@@H]2NC(=O)c1ccc(CN2CCCC2)o1. The number of rotatable bonds is 4. The van der Waals surface area contributed by atoms with Gasteiger partial charge in [-0.05, 0) is 64.3 Å². The number of carbonyl (C=O) groups excluding carboxylic acids is 1. The molecule has 2 aliphatic rings. The molecule has 2 aromatic heterocycles. The molecular weight excluding hydrogens is 316 g/mol. The van der Waals surface area contributed by atoms with Crippen molar-refractivity contribution in [3.63, 3.8) is 0 Å². The van der Waals surface area contributed by atoms with E-state index in [9.17, 15) is 4.79 Å². The summed E-state index contributed by atoms with van der Waals surface area (Å²) in [4.78, 5) is 23.7. The normalized spacial score (nSPS) is 20.4. The van der Waals surface area contributed by atoms with Crippen LogP contribution in [0.25, 0.3) is 0 Å². The molecule has 1 saturated heterocycles. The molecule has 0 bridgehead atoms. The number of hydrogen-bond acceptors (Lipinski definition) is 5. The first kappa shape index (κ1) is 16.3. The van der Waals surface area contributed by atoms with Gasteiger partial charge in [0.2, 0.25) is 0 Å². The third-order valence-corrected chi connectivity index (χ3v) is 5.07. The maximum atomic E-state index is 12.6. The molecule has 1 amide bonds. The van der Waals surface area contributed by atoms with Crippen molar-refractivity contribution < 1.29 is 9.21 Å². The first-order valence-electron chi connectivity index (χ1n) is 9.13. The highest BCUT2D eigenvalue weighted by Crippen LogP contribution is 2.28. The smallest absolute Gasteiger partial charge is 0.287 e. The zero-order valence-electron chi connectivity index (χ0n) is 14.6. The number of nitrogens with one attached hydrogen (secondary N) is 1. The van der Waals surface area contributed by atoms with E-state index in [-0.39, 0.29) is 11.9 Å². The van der Waals surface area contributed by atoms with Gasteiger partial charge in [0.1, 0.15) is 11.6 Å². The summed E-state index contributed by atoms with van der Waals surface area (Å²) in [6, 6.07) is 3.65. The first-order valence-corrected chi connectivity index (χ1v) is 9.13. The number of amides is 1. The third-order valence-electron chi connectivity index (χ3n) is 5.07. The van der Waals surface area contributed by atoms with Gasteiger partial charge in [0.15, 0.2) is 5.76 Å². The van der Waals surface area contributed by atoms with E-state index in [1.807, 2.05) is 19.2 Å². The van der Waals surface area contributed by atoms with Crippen molar-refractivity contribution in [3.8, 4) is 0 Å². The van der Waals surface area contributed by atoms with Crippen LogP contribution in [0.3, 0.4) is 0 Å². The number of nitrogens with zero attached hydrogens (tertiary/aromatic N) is 3. The lowest BCUT2D eigenvalue weighted by Crippen LogP contribution is -2.31. The lowest BCUT2D eigenvalue weighted by atomic mass is 9.92.